The third-order valence-corrected chi connectivity index (χ3v) is 4.89. The van der Waals surface area contributed by atoms with Gasteiger partial charge in [0.15, 0.2) is 0 Å². The van der Waals surface area contributed by atoms with Crippen LogP contribution < -0.4 is 10.0 Å². The van der Waals surface area contributed by atoms with Crippen LogP contribution in [-0.4, -0.2) is 20.5 Å². The smallest absolute Gasteiger partial charge is 0.241 e. The summed E-state index contributed by atoms with van der Waals surface area (Å²) in [7, 11) is -3.45. The van der Waals surface area contributed by atoms with Crippen molar-refractivity contribution in [3.05, 3.63) is 29.8 Å². The van der Waals surface area contributed by atoms with E-state index in [0.717, 1.165) is 18.4 Å². The second kappa shape index (κ2) is 7.76. The van der Waals surface area contributed by atoms with Gasteiger partial charge in [-0.3, -0.25) is 0 Å². The average Bonchev–Trinajstić information content (AvgIpc) is 2.42. The second-order valence-electron chi connectivity index (χ2n) is 5.28. The van der Waals surface area contributed by atoms with Crippen LogP contribution in [0.3, 0.4) is 0 Å². The van der Waals surface area contributed by atoms with E-state index in [1.807, 2.05) is 39.8 Å². The minimum atomic E-state index is -3.45. The molecule has 0 unspecified atom stereocenters. The molecule has 0 spiro atoms. The quantitative estimate of drug-likeness (QED) is 0.775. The Bertz CT molecular complexity index is 508. The maximum Gasteiger partial charge on any atom is 0.241 e. The van der Waals surface area contributed by atoms with Gasteiger partial charge in [0.1, 0.15) is 0 Å². The molecule has 0 aliphatic rings. The van der Waals surface area contributed by atoms with E-state index in [9.17, 15) is 8.42 Å². The molecule has 0 fully saturated rings. The van der Waals surface area contributed by atoms with E-state index in [-0.39, 0.29) is 6.04 Å². The molecule has 0 radical (unpaired) electrons. The Morgan fingerprint density at radius 1 is 1.10 bits per heavy atom. The summed E-state index contributed by atoms with van der Waals surface area (Å²) in [6, 6.07) is 7.47. The zero-order valence-corrected chi connectivity index (χ0v) is 13.6. The van der Waals surface area contributed by atoms with Gasteiger partial charge in [0.05, 0.1) is 4.90 Å². The summed E-state index contributed by atoms with van der Waals surface area (Å²) in [5.74, 6) is 0. The third kappa shape index (κ3) is 4.89. The Labute approximate surface area is 123 Å². The van der Waals surface area contributed by atoms with Crippen LogP contribution in [0.1, 0.15) is 46.1 Å². The van der Waals surface area contributed by atoms with Crippen LogP contribution in [0.25, 0.3) is 0 Å². The van der Waals surface area contributed by atoms with Crippen molar-refractivity contribution in [1.82, 2.24) is 10.0 Å². The van der Waals surface area contributed by atoms with Crippen LogP contribution in [0.5, 0.6) is 0 Å². The molecule has 0 saturated heterocycles. The molecule has 1 aromatic rings. The molecular weight excluding hydrogens is 272 g/mol. The van der Waals surface area contributed by atoms with Gasteiger partial charge in [-0.1, -0.05) is 45.9 Å². The van der Waals surface area contributed by atoms with Crippen molar-refractivity contribution >= 4 is 10.0 Å². The van der Waals surface area contributed by atoms with Gasteiger partial charge in [-0.05, 0) is 24.5 Å². The van der Waals surface area contributed by atoms with Crippen LogP contribution in [0.15, 0.2) is 29.2 Å². The summed E-state index contributed by atoms with van der Waals surface area (Å²) < 4.78 is 27.8. The Kier molecular flexibility index (Phi) is 6.65. The second-order valence-corrected chi connectivity index (χ2v) is 6.96. The fourth-order valence-electron chi connectivity index (χ4n) is 1.96. The first kappa shape index (κ1) is 17.1. The molecule has 1 aromatic carbocycles. The lowest BCUT2D eigenvalue weighted by molar-refractivity contribution is 0.527. The monoisotopic (exact) mass is 298 g/mol. The van der Waals surface area contributed by atoms with Gasteiger partial charge in [-0.2, -0.15) is 0 Å². The van der Waals surface area contributed by atoms with Gasteiger partial charge in [-0.15, -0.1) is 0 Å². The summed E-state index contributed by atoms with van der Waals surface area (Å²) in [5.41, 5.74) is 0.805. The maximum atomic E-state index is 12.5. The Hall–Kier alpha value is -0.910. The van der Waals surface area contributed by atoms with Gasteiger partial charge in [0.25, 0.3) is 0 Å². The maximum absolute atomic E-state index is 12.5. The predicted octanol–water partition coefficient (Wildman–Crippen LogP) is 2.65. The molecule has 0 aliphatic heterocycles. The first-order valence-corrected chi connectivity index (χ1v) is 8.72. The normalized spacial score (nSPS) is 12.3. The number of hydrogen-bond acceptors (Lipinski definition) is 3. The number of sulfonamides is 1. The van der Waals surface area contributed by atoms with Crippen molar-refractivity contribution in [3.63, 3.8) is 0 Å². The highest BCUT2D eigenvalue weighted by Gasteiger charge is 2.20. The highest BCUT2D eigenvalue weighted by atomic mass is 32.2. The number of nitrogens with one attached hydrogen (secondary N) is 2. The molecule has 1 rings (SSSR count). The van der Waals surface area contributed by atoms with Crippen molar-refractivity contribution in [2.45, 2.75) is 64.1 Å². The molecule has 0 heterocycles. The van der Waals surface area contributed by atoms with Crippen LogP contribution in [0.4, 0.5) is 0 Å². The van der Waals surface area contributed by atoms with Crippen LogP contribution in [0.2, 0.25) is 0 Å². The van der Waals surface area contributed by atoms with E-state index in [1.165, 1.54) is 0 Å². The standard InChI is InChI=1S/C15H26N2O2S/c1-5-14(6-2)17-20(18,19)15-10-8-7-9-13(15)11-16-12(3)4/h7-10,12,14,16-17H,5-6,11H2,1-4H3. The highest BCUT2D eigenvalue weighted by Crippen LogP contribution is 2.16. The average molecular weight is 298 g/mol. The first-order valence-electron chi connectivity index (χ1n) is 7.24. The zero-order valence-electron chi connectivity index (χ0n) is 12.8. The minimum Gasteiger partial charge on any atom is -0.310 e. The van der Waals surface area contributed by atoms with Crippen molar-refractivity contribution in [1.29, 1.82) is 0 Å². The van der Waals surface area contributed by atoms with E-state index in [1.54, 1.807) is 12.1 Å². The van der Waals surface area contributed by atoms with Gasteiger partial charge < -0.3 is 5.32 Å². The largest absolute Gasteiger partial charge is 0.310 e. The molecule has 20 heavy (non-hydrogen) atoms. The molecule has 4 nitrogen and oxygen atoms in total. The molecule has 0 aromatic heterocycles. The van der Waals surface area contributed by atoms with Crippen LogP contribution in [-0.2, 0) is 16.6 Å². The van der Waals surface area contributed by atoms with Crippen molar-refractivity contribution in [2.24, 2.45) is 0 Å². The van der Waals surface area contributed by atoms with E-state index in [4.69, 9.17) is 0 Å². The van der Waals surface area contributed by atoms with Crippen molar-refractivity contribution < 1.29 is 8.42 Å². The topological polar surface area (TPSA) is 58.2 Å². The molecule has 0 saturated carbocycles. The summed E-state index contributed by atoms with van der Waals surface area (Å²) in [6.07, 6.45) is 1.59. The van der Waals surface area contributed by atoms with Crippen LogP contribution >= 0.6 is 0 Å². The molecule has 0 bridgehead atoms. The molecule has 2 N–H and O–H groups in total. The Morgan fingerprint density at radius 3 is 2.25 bits per heavy atom. The molecule has 0 aliphatic carbocycles. The van der Waals surface area contributed by atoms with Gasteiger partial charge in [0, 0.05) is 18.6 Å². The SMILES string of the molecule is CCC(CC)NS(=O)(=O)c1ccccc1CNC(C)C. The minimum absolute atomic E-state index is 0.00823. The van der Waals surface area contributed by atoms with Crippen molar-refractivity contribution in [3.8, 4) is 0 Å². The van der Waals surface area contributed by atoms with E-state index >= 15 is 0 Å². The lowest BCUT2D eigenvalue weighted by atomic mass is 10.2. The van der Waals surface area contributed by atoms with Crippen molar-refractivity contribution in [2.75, 3.05) is 0 Å². The molecule has 114 valence electrons. The molecular formula is C15H26N2O2S. The number of hydrogen-bond donors (Lipinski definition) is 2. The molecule has 0 atom stereocenters. The van der Waals surface area contributed by atoms with E-state index < -0.39 is 10.0 Å². The predicted molar refractivity (Wildman–Crippen MR) is 83.1 cm³/mol. The van der Waals surface area contributed by atoms with E-state index in [0.29, 0.717) is 17.5 Å². The Balaban J connectivity index is 2.99. The zero-order chi connectivity index (χ0) is 15.2. The molecule has 0 amide bonds. The Morgan fingerprint density at radius 2 is 1.70 bits per heavy atom. The number of rotatable bonds is 8. The fourth-order valence-corrected chi connectivity index (χ4v) is 3.61. The fraction of sp³-hybridized carbons (Fsp3) is 0.600. The lowest BCUT2D eigenvalue weighted by Gasteiger charge is -2.17. The summed E-state index contributed by atoms with van der Waals surface area (Å²) in [6.45, 7) is 8.61. The third-order valence-electron chi connectivity index (χ3n) is 3.27. The summed E-state index contributed by atoms with van der Waals surface area (Å²) >= 11 is 0. The van der Waals surface area contributed by atoms with Crippen LogP contribution in [0, 0.1) is 0 Å². The highest BCUT2D eigenvalue weighted by molar-refractivity contribution is 7.89. The van der Waals surface area contributed by atoms with Gasteiger partial charge in [0.2, 0.25) is 10.0 Å². The lowest BCUT2D eigenvalue weighted by Crippen LogP contribution is -2.34. The first-order chi connectivity index (χ1) is 9.40. The van der Waals surface area contributed by atoms with E-state index in [2.05, 4.69) is 10.0 Å². The molecule has 5 heteroatoms. The summed E-state index contributed by atoms with van der Waals surface area (Å²) in [4.78, 5) is 0.375. The van der Waals surface area contributed by atoms with Gasteiger partial charge >= 0.3 is 0 Å². The van der Waals surface area contributed by atoms with Gasteiger partial charge in [-0.25, -0.2) is 13.1 Å². The number of benzene rings is 1. The summed E-state index contributed by atoms with van der Waals surface area (Å²) in [5, 5.41) is 3.26.